The van der Waals surface area contributed by atoms with Crippen LogP contribution in [0.1, 0.15) is 12.8 Å². The van der Waals surface area contributed by atoms with Crippen LogP contribution in [0.2, 0.25) is 0 Å². The number of carbonyl (C=O) groups excluding carboxylic acids is 2. The molecular weight excluding hydrogens is 430 g/mol. The second-order valence-corrected chi connectivity index (χ2v) is 10.3. The molecule has 4 rings (SSSR count). The average molecular weight is 456 g/mol. The number of rotatable bonds is 5. The zero-order valence-electron chi connectivity index (χ0n) is 16.6. The van der Waals surface area contributed by atoms with Crippen LogP contribution >= 0.6 is 11.8 Å². The quantitative estimate of drug-likeness (QED) is 0.659. The van der Waals surface area contributed by atoms with E-state index < -0.39 is 10.0 Å². The SMILES string of the molecule is O=C(CCN1CCSC1=O)N1CCN(S(=O)(=O)c2ccc3c(c2)OCCCO3)CC1. The minimum atomic E-state index is -3.69. The van der Waals surface area contributed by atoms with Crippen molar-refractivity contribution in [3.05, 3.63) is 18.2 Å². The lowest BCUT2D eigenvalue weighted by molar-refractivity contribution is -0.132. The van der Waals surface area contributed by atoms with Crippen molar-refractivity contribution in [2.24, 2.45) is 0 Å². The maximum Gasteiger partial charge on any atom is 0.281 e. The second kappa shape index (κ2) is 9.03. The number of amides is 2. The first-order chi connectivity index (χ1) is 14.4. The zero-order chi connectivity index (χ0) is 21.1. The summed E-state index contributed by atoms with van der Waals surface area (Å²) in [6, 6.07) is 4.68. The van der Waals surface area contributed by atoms with Gasteiger partial charge in [0.05, 0.1) is 18.1 Å². The van der Waals surface area contributed by atoms with Gasteiger partial charge in [0.1, 0.15) is 0 Å². The molecular formula is C19H25N3O6S2. The molecule has 0 unspecified atom stereocenters. The Morgan fingerprint density at radius 2 is 1.77 bits per heavy atom. The largest absolute Gasteiger partial charge is 0.490 e. The molecule has 164 valence electrons. The van der Waals surface area contributed by atoms with Crippen LogP contribution in [0.15, 0.2) is 23.1 Å². The molecule has 0 aromatic heterocycles. The molecule has 0 spiro atoms. The highest BCUT2D eigenvalue weighted by molar-refractivity contribution is 8.13. The second-order valence-electron chi connectivity index (χ2n) is 7.30. The third kappa shape index (κ3) is 4.52. The molecule has 11 heteroatoms. The van der Waals surface area contributed by atoms with Crippen molar-refractivity contribution in [2.45, 2.75) is 17.7 Å². The van der Waals surface area contributed by atoms with Gasteiger partial charge in [-0.3, -0.25) is 9.59 Å². The number of hydrogen-bond donors (Lipinski definition) is 0. The molecule has 0 radical (unpaired) electrons. The van der Waals surface area contributed by atoms with Crippen LogP contribution in [0.3, 0.4) is 0 Å². The van der Waals surface area contributed by atoms with Crippen LogP contribution in [0.5, 0.6) is 11.5 Å². The van der Waals surface area contributed by atoms with Crippen molar-refractivity contribution in [3.63, 3.8) is 0 Å². The summed E-state index contributed by atoms with van der Waals surface area (Å²) in [6.45, 7) is 3.27. The molecule has 0 atom stereocenters. The fourth-order valence-electron chi connectivity index (χ4n) is 3.65. The van der Waals surface area contributed by atoms with Crippen molar-refractivity contribution in [3.8, 4) is 11.5 Å². The van der Waals surface area contributed by atoms with E-state index in [0.717, 1.165) is 12.2 Å². The summed E-state index contributed by atoms with van der Waals surface area (Å²) < 4.78 is 38.7. The first-order valence-corrected chi connectivity index (χ1v) is 12.5. The van der Waals surface area contributed by atoms with Gasteiger partial charge < -0.3 is 19.3 Å². The van der Waals surface area contributed by atoms with E-state index in [9.17, 15) is 18.0 Å². The fraction of sp³-hybridized carbons (Fsp3) is 0.579. The number of benzene rings is 1. The Morgan fingerprint density at radius 1 is 1.03 bits per heavy atom. The summed E-state index contributed by atoms with van der Waals surface area (Å²) in [4.78, 5) is 27.6. The first kappa shape index (κ1) is 21.3. The highest BCUT2D eigenvalue weighted by atomic mass is 32.2. The lowest BCUT2D eigenvalue weighted by Gasteiger charge is -2.34. The van der Waals surface area contributed by atoms with Crippen LogP contribution < -0.4 is 9.47 Å². The molecule has 3 aliphatic heterocycles. The maximum atomic E-state index is 13.1. The zero-order valence-corrected chi connectivity index (χ0v) is 18.3. The molecule has 2 amide bonds. The van der Waals surface area contributed by atoms with Crippen LogP contribution in [0.4, 0.5) is 4.79 Å². The predicted molar refractivity (Wildman–Crippen MR) is 111 cm³/mol. The smallest absolute Gasteiger partial charge is 0.281 e. The summed E-state index contributed by atoms with van der Waals surface area (Å²) in [6.07, 6.45) is 1.01. The molecule has 1 aromatic rings. The van der Waals surface area contributed by atoms with E-state index in [1.165, 1.54) is 28.2 Å². The number of hydrogen-bond acceptors (Lipinski definition) is 7. The van der Waals surface area contributed by atoms with Gasteiger partial charge in [0.25, 0.3) is 5.24 Å². The Hall–Kier alpha value is -1.98. The predicted octanol–water partition coefficient (Wildman–Crippen LogP) is 1.24. The third-order valence-corrected chi connectivity index (χ3v) is 8.18. The molecule has 2 fully saturated rings. The minimum absolute atomic E-state index is 0.0221. The van der Waals surface area contributed by atoms with Gasteiger partial charge in [-0.2, -0.15) is 4.31 Å². The number of thioether (sulfide) groups is 1. The lowest BCUT2D eigenvalue weighted by atomic mass is 10.3. The van der Waals surface area contributed by atoms with Crippen molar-refractivity contribution in [2.75, 3.05) is 58.2 Å². The lowest BCUT2D eigenvalue weighted by Crippen LogP contribution is -2.50. The molecule has 9 nitrogen and oxygen atoms in total. The molecule has 3 heterocycles. The summed E-state index contributed by atoms with van der Waals surface area (Å²) in [5.41, 5.74) is 0. The van der Waals surface area contributed by atoms with Gasteiger partial charge in [-0.05, 0) is 12.1 Å². The van der Waals surface area contributed by atoms with E-state index in [0.29, 0.717) is 50.9 Å². The van der Waals surface area contributed by atoms with E-state index >= 15 is 0 Å². The third-order valence-electron chi connectivity index (χ3n) is 5.39. The molecule has 30 heavy (non-hydrogen) atoms. The van der Waals surface area contributed by atoms with Gasteiger partial charge in [0, 0.05) is 63.9 Å². The summed E-state index contributed by atoms with van der Waals surface area (Å²) in [5, 5.41) is 0.0221. The molecule has 0 bridgehead atoms. The Kier molecular flexibility index (Phi) is 6.40. The van der Waals surface area contributed by atoms with Crippen LogP contribution in [0.25, 0.3) is 0 Å². The van der Waals surface area contributed by atoms with E-state index in [1.54, 1.807) is 15.9 Å². The number of sulfonamides is 1. The molecule has 3 aliphatic rings. The van der Waals surface area contributed by atoms with Crippen molar-refractivity contribution in [1.82, 2.24) is 14.1 Å². The van der Waals surface area contributed by atoms with Crippen LogP contribution in [0, 0.1) is 0 Å². The number of carbonyl (C=O) groups is 2. The summed E-state index contributed by atoms with van der Waals surface area (Å²) in [7, 11) is -3.69. The van der Waals surface area contributed by atoms with E-state index in [2.05, 4.69) is 0 Å². The van der Waals surface area contributed by atoms with Crippen LogP contribution in [-0.4, -0.2) is 91.9 Å². The van der Waals surface area contributed by atoms with Crippen LogP contribution in [-0.2, 0) is 14.8 Å². The van der Waals surface area contributed by atoms with Gasteiger partial charge in [0.15, 0.2) is 11.5 Å². The highest BCUT2D eigenvalue weighted by Crippen LogP contribution is 2.33. The first-order valence-electron chi connectivity index (χ1n) is 10.0. The van der Waals surface area contributed by atoms with Gasteiger partial charge in [-0.1, -0.05) is 11.8 Å². The monoisotopic (exact) mass is 455 g/mol. The Labute approximate surface area is 180 Å². The van der Waals surface area contributed by atoms with E-state index in [4.69, 9.17) is 9.47 Å². The van der Waals surface area contributed by atoms with Gasteiger partial charge in [-0.25, -0.2) is 8.42 Å². The Morgan fingerprint density at radius 3 is 2.47 bits per heavy atom. The molecule has 1 aromatic carbocycles. The number of piperazine rings is 1. The topological polar surface area (TPSA) is 96.5 Å². The van der Waals surface area contributed by atoms with Gasteiger partial charge >= 0.3 is 0 Å². The molecule has 0 aliphatic carbocycles. The molecule has 0 N–H and O–H groups in total. The Balaban J connectivity index is 1.34. The van der Waals surface area contributed by atoms with Crippen molar-refractivity contribution >= 4 is 32.9 Å². The minimum Gasteiger partial charge on any atom is -0.490 e. The summed E-state index contributed by atoms with van der Waals surface area (Å²) in [5.74, 6) is 1.71. The number of ether oxygens (including phenoxy) is 2. The molecule has 2 saturated heterocycles. The standard InChI is InChI=1S/C19H25N3O6S2/c23-18(4-5-21-10-13-29-19(21)24)20-6-8-22(9-7-20)30(25,26)15-2-3-16-17(14-15)28-12-1-11-27-16/h2-3,14H,1,4-13H2. The molecule has 0 saturated carbocycles. The average Bonchev–Trinajstić information content (AvgIpc) is 3.02. The van der Waals surface area contributed by atoms with Gasteiger partial charge in [-0.15, -0.1) is 0 Å². The summed E-state index contributed by atoms with van der Waals surface area (Å²) >= 11 is 1.28. The fourth-order valence-corrected chi connectivity index (χ4v) is 5.94. The number of fused-ring (bicyclic) bond motifs is 1. The number of nitrogens with zero attached hydrogens (tertiary/aromatic N) is 3. The maximum absolute atomic E-state index is 13.1. The normalized spacial score (nSPS) is 20.3. The van der Waals surface area contributed by atoms with Gasteiger partial charge in [0.2, 0.25) is 15.9 Å². The van der Waals surface area contributed by atoms with E-state index in [-0.39, 0.29) is 35.6 Å². The highest BCUT2D eigenvalue weighted by Gasteiger charge is 2.31. The van der Waals surface area contributed by atoms with Crippen molar-refractivity contribution in [1.29, 1.82) is 0 Å². The van der Waals surface area contributed by atoms with E-state index in [1.807, 2.05) is 0 Å². The Bertz CT molecular complexity index is 915. The van der Waals surface area contributed by atoms with Crippen molar-refractivity contribution < 1.29 is 27.5 Å².